The minimum absolute atomic E-state index is 0.330. The van der Waals surface area contributed by atoms with E-state index in [-0.39, 0.29) is 0 Å². The van der Waals surface area contributed by atoms with Crippen molar-refractivity contribution >= 4 is 44.3 Å². The maximum atomic E-state index is 12.7. The Labute approximate surface area is 138 Å². The molecule has 0 amide bonds. The summed E-state index contributed by atoms with van der Waals surface area (Å²) in [4.78, 5) is 3.15. The number of thiophene rings is 2. The molecule has 0 aliphatic heterocycles. The Bertz CT molecular complexity index is 722. The molecule has 0 aliphatic carbocycles. The molecule has 8 heteroatoms. The Morgan fingerprint density at radius 3 is 2.57 bits per heavy atom. The second-order valence-corrected chi connectivity index (χ2v) is 9.78. The van der Waals surface area contributed by atoms with Crippen LogP contribution in [0.1, 0.15) is 14.6 Å². The quantitative estimate of drug-likeness (QED) is 0.855. The average molecular weight is 365 g/mol. The van der Waals surface area contributed by atoms with Gasteiger partial charge in [0, 0.05) is 34.8 Å². The first kappa shape index (κ1) is 16.9. The fraction of sp³-hybridized carbons (Fsp3) is 0.385. The minimum Gasteiger partial charge on any atom is -0.315 e. The van der Waals surface area contributed by atoms with Crippen molar-refractivity contribution in [3.63, 3.8) is 0 Å². The lowest BCUT2D eigenvalue weighted by atomic mass is 10.4. The van der Waals surface area contributed by atoms with Crippen molar-refractivity contribution in [1.82, 2.24) is 9.62 Å². The van der Waals surface area contributed by atoms with Gasteiger partial charge in [-0.2, -0.15) is 4.31 Å². The highest BCUT2D eigenvalue weighted by molar-refractivity contribution is 7.89. The van der Waals surface area contributed by atoms with E-state index in [1.54, 1.807) is 19.2 Å². The van der Waals surface area contributed by atoms with Crippen LogP contribution in [-0.4, -0.2) is 26.8 Å². The van der Waals surface area contributed by atoms with Crippen LogP contribution in [0.4, 0.5) is 0 Å². The molecule has 0 radical (unpaired) electrons. The van der Waals surface area contributed by atoms with Gasteiger partial charge in [0.25, 0.3) is 0 Å². The van der Waals surface area contributed by atoms with Crippen LogP contribution < -0.4 is 5.32 Å². The van der Waals surface area contributed by atoms with Gasteiger partial charge in [0.1, 0.15) is 0 Å². The number of hydrogen-bond acceptors (Lipinski definition) is 5. The number of hydrogen-bond donors (Lipinski definition) is 1. The van der Waals surface area contributed by atoms with E-state index in [1.807, 2.05) is 20.0 Å². The van der Waals surface area contributed by atoms with Crippen LogP contribution in [-0.2, 0) is 23.1 Å². The van der Waals surface area contributed by atoms with E-state index in [1.165, 1.54) is 27.0 Å². The molecule has 4 nitrogen and oxygen atoms in total. The van der Waals surface area contributed by atoms with Crippen molar-refractivity contribution in [2.75, 3.05) is 14.1 Å². The zero-order valence-corrected chi connectivity index (χ0v) is 15.2. The summed E-state index contributed by atoms with van der Waals surface area (Å²) >= 11 is 8.79. The molecule has 0 aliphatic rings. The van der Waals surface area contributed by atoms with E-state index in [4.69, 9.17) is 11.6 Å². The predicted molar refractivity (Wildman–Crippen MR) is 89.8 cm³/mol. The highest BCUT2D eigenvalue weighted by atomic mass is 35.5. The SMILES string of the molecule is CNCc1cc(S(=O)(=O)N(C)Cc2ccc(Cl)s2)c(C)s1. The number of nitrogens with one attached hydrogen (secondary N) is 1. The first-order valence-corrected chi connectivity index (χ1v) is 9.74. The van der Waals surface area contributed by atoms with Gasteiger partial charge >= 0.3 is 0 Å². The third-order valence-corrected chi connectivity index (χ3v) is 7.30. The van der Waals surface area contributed by atoms with E-state index >= 15 is 0 Å². The standard InChI is InChI=1S/C13H17ClN2O2S3/c1-9-12(6-11(19-9)7-15-2)21(17,18)16(3)8-10-4-5-13(14)20-10/h4-6,15H,7-8H2,1-3H3. The summed E-state index contributed by atoms with van der Waals surface area (Å²) in [6.45, 7) is 2.84. The van der Waals surface area contributed by atoms with Gasteiger partial charge < -0.3 is 5.32 Å². The van der Waals surface area contributed by atoms with Crippen LogP contribution in [0, 0.1) is 6.92 Å². The highest BCUT2D eigenvalue weighted by Gasteiger charge is 2.25. The van der Waals surface area contributed by atoms with E-state index in [0.29, 0.717) is 22.3 Å². The Balaban J connectivity index is 2.24. The van der Waals surface area contributed by atoms with Gasteiger partial charge in [-0.3, -0.25) is 0 Å². The van der Waals surface area contributed by atoms with Crippen LogP contribution in [0.15, 0.2) is 23.1 Å². The lowest BCUT2D eigenvalue weighted by molar-refractivity contribution is 0.469. The fourth-order valence-electron chi connectivity index (χ4n) is 1.95. The summed E-state index contributed by atoms with van der Waals surface area (Å²) in [5.74, 6) is 0. The van der Waals surface area contributed by atoms with E-state index < -0.39 is 10.0 Å². The van der Waals surface area contributed by atoms with Crippen molar-refractivity contribution in [3.05, 3.63) is 37.2 Å². The van der Waals surface area contributed by atoms with Crippen LogP contribution in [0.5, 0.6) is 0 Å². The second-order valence-electron chi connectivity index (χ2n) is 4.63. The highest BCUT2D eigenvalue weighted by Crippen LogP contribution is 2.29. The first-order valence-electron chi connectivity index (χ1n) is 6.29. The largest absolute Gasteiger partial charge is 0.315 e. The number of nitrogens with zero attached hydrogens (tertiary/aromatic N) is 1. The van der Waals surface area contributed by atoms with Crippen LogP contribution >= 0.6 is 34.3 Å². The van der Waals surface area contributed by atoms with E-state index in [2.05, 4.69) is 5.32 Å². The third kappa shape index (κ3) is 3.85. The van der Waals surface area contributed by atoms with Crippen molar-refractivity contribution in [1.29, 1.82) is 0 Å². The molecular weight excluding hydrogens is 348 g/mol. The van der Waals surface area contributed by atoms with Gasteiger partial charge in [0.2, 0.25) is 10.0 Å². The Hall–Kier alpha value is -0.440. The third-order valence-electron chi connectivity index (χ3n) is 2.97. The molecule has 0 fully saturated rings. The summed E-state index contributed by atoms with van der Waals surface area (Å²) < 4.78 is 27.4. The number of aryl methyl sites for hydroxylation is 1. The summed E-state index contributed by atoms with van der Waals surface area (Å²) in [6, 6.07) is 5.39. The Morgan fingerprint density at radius 2 is 2.00 bits per heavy atom. The van der Waals surface area contributed by atoms with Gasteiger partial charge in [0.05, 0.1) is 9.23 Å². The van der Waals surface area contributed by atoms with Crippen molar-refractivity contribution < 1.29 is 8.42 Å². The lowest BCUT2D eigenvalue weighted by Gasteiger charge is -2.16. The van der Waals surface area contributed by atoms with E-state index in [9.17, 15) is 8.42 Å². The lowest BCUT2D eigenvalue weighted by Crippen LogP contribution is -2.26. The van der Waals surface area contributed by atoms with Gasteiger partial charge in [-0.05, 0) is 32.2 Å². The second kappa shape index (κ2) is 6.76. The molecule has 21 heavy (non-hydrogen) atoms. The fourth-order valence-corrected chi connectivity index (χ4v) is 5.93. The van der Waals surface area contributed by atoms with Crippen molar-refractivity contribution in [3.8, 4) is 0 Å². The summed E-state index contributed by atoms with van der Waals surface area (Å²) in [5.41, 5.74) is 0. The van der Waals surface area contributed by atoms with Gasteiger partial charge in [-0.25, -0.2) is 8.42 Å². The van der Waals surface area contributed by atoms with Gasteiger partial charge in [-0.15, -0.1) is 22.7 Å². The van der Waals surface area contributed by atoms with E-state index in [0.717, 1.165) is 14.6 Å². The molecule has 0 unspecified atom stereocenters. The van der Waals surface area contributed by atoms with Gasteiger partial charge in [-0.1, -0.05) is 11.6 Å². The molecule has 0 saturated heterocycles. The monoisotopic (exact) mass is 364 g/mol. The summed E-state index contributed by atoms with van der Waals surface area (Å²) in [6.07, 6.45) is 0. The Morgan fingerprint density at radius 1 is 1.29 bits per heavy atom. The summed E-state index contributed by atoms with van der Waals surface area (Å²) in [7, 11) is -0.0383. The molecule has 1 N–H and O–H groups in total. The minimum atomic E-state index is -3.48. The molecule has 0 aromatic carbocycles. The molecule has 2 aromatic heterocycles. The maximum Gasteiger partial charge on any atom is 0.244 e. The van der Waals surface area contributed by atoms with Crippen LogP contribution in [0.25, 0.3) is 0 Å². The molecule has 116 valence electrons. The first-order chi connectivity index (χ1) is 9.84. The van der Waals surface area contributed by atoms with Crippen LogP contribution in [0.2, 0.25) is 4.34 Å². The van der Waals surface area contributed by atoms with Crippen molar-refractivity contribution in [2.45, 2.75) is 24.9 Å². The number of sulfonamides is 1. The van der Waals surface area contributed by atoms with Crippen LogP contribution in [0.3, 0.4) is 0 Å². The van der Waals surface area contributed by atoms with Gasteiger partial charge in [0.15, 0.2) is 0 Å². The molecule has 2 aromatic rings. The molecule has 0 atom stereocenters. The smallest absolute Gasteiger partial charge is 0.244 e. The molecule has 2 heterocycles. The summed E-state index contributed by atoms with van der Waals surface area (Å²) in [5, 5.41) is 3.04. The zero-order valence-electron chi connectivity index (χ0n) is 12.0. The normalized spacial score (nSPS) is 12.2. The Kier molecular flexibility index (Phi) is 5.45. The predicted octanol–water partition coefficient (Wildman–Crippen LogP) is 3.31. The topological polar surface area (TPSA) is 49.4 Å². The average Bonchev–Trinajstić information content (AvgIpc) is 2.96. The molecular formula is C13H17ClN2O2S3. The number of halogens is 1. The molecule has 2 rings (SSSR count). The maximum absolute atomic E-state index is 12.7. The van der Waals surface area contributed by atoms with Crippen molar-refractivity contribution in [2.24, 2.45) is 0 Å². The number of rotatable bonds is 6. The zero-order chi connectivity index (χ0) is 15.6. The molecule has 0 saturated carbocycles. The molecule has 0 spiro atoms. The molecule has 0 bridgehead atoms.